The van der Waals surface area contributed by atoms with Gasteiger partial charge in [-0.3, -0.25) is 4.79 Å². The van der Waals surface area contributed by atoms with E-state index in [0.717, 1.165) is 6.42 Å². The van der Waals surface area contributed by atoms with Crippen LogP contribution >= 0.6 is 11.6 Å². The molecule has 0 spiro atoms. The van der Waals surface area contributed by atoms with Gasteiger partial charge in [0.25, 0.3) is 5.91 Å². The van der Waals surface area contributed by atoms with Crippen molar-refractivity contribution >= 4 is 17.5 Å². The molecule has 1 fully saturated rings. The third-order valence-electron chi connectivity index (χ3n) is 4.12. The molecule has 1 amide bonds. The molecule has 6 heteroatoms. The second kappa shape index (κ2) is 8.77. The first-order valence-corrected chi connectivity index (χ1v) is 9.14. The Morgan fingerprint density at radius 2 is 1.96 bits per heavy atom. The van der Waals surface area contributed by atoms with Crippen LogP contribution in [0.1, 0.15) is 44.5 Å². The van der Waals surface area contributed by atoms with Crippen LogP contribution in [0.4, 0.5) is 0 Å². The fraction of sp³-hybridized carbons (Fsp3) is 0.632. The fourth-order valence-electron chi connectivity index (χ4n) is 2.91. The first-order chi connectivity index (χ1) is 11.8. The van der Waals surface area contributed by atoms with Crippen LogP contribution in [0, 0.1) is 5.92 Å². The zero-order chi connectivity index (χ0) is 18.6. The molecule has 1 aromatic carbocycles. The number of morpholine rings is 1. The lowest BCUT2D eigenvalue weighted by Crippen LogP contribution is -2.48. The van der Waals surface area contributed by atoms with Crippen LogP contribution in [-0.2, 0) is 4.74 Å². The molecular formula is C19H28ClNO4. The van der Waals surface area contributed by atoms with Crippen molar-refractivity contribution in [2.24, 2.45) is 5.92 Å². The van der Waals surface area contributed by atoms with Gasteiger partial charge in [-0.1, -0.05) is 25.4 Å². The van der Waals surface area contributed by atoms with E-state index in [2.05, 4.69) is 13.8 Å². The lowest BCUT2D eigenvalue weighted by molar-refractivity contribution is -0.0586. The van der Waals surface area contributed by atoms with Gasteiger partial charge in [0.05, 0.1) is 30.9 Å². The summed E-state index contributed by atoms with van der Waals surface area (Å²) in [6.07, 6.45) is 0.955. The molecule has 0 aliphatic carbocycles. The minimum atomic E-state index is -0.0732. The van der Waals surface area contributed by atoms with E-state index in [-0.39, 0.29) is 18.1 Å². The summed E-state index contributed by atoms with van der Waals surface area (Å²) in [6.45, 7) is 9.89. The Bertz CT molecular complexity index is 595. The van der Waals surface area contributed by atoms with Crippen LogP contribution in [0.5, 0.6) is 11.5 Å². The summed E-state index contributed by atoms with van der Waals surface area (Å²) in [5.74, 6) is 1.44. The van der Waals surface area contributed by atoms with Gasteiger partial charge in [-0.25, -0.2) is 0 Å². The number of ether oxygens (including phenoxy) is 3. The van der Waals surface area contributed by atoms with Crippen LogP contribution in [0.25, 0.3) is 0 Å². The largest absolute Gasteiger partial charge is 0.493 e. The summed E-state index contributed by atoms with van der Waals surface area (Å²) in [7, 11) is 1.55. The molecule has 2 rings (SSSR count). The molecule has 0 N–H and O–H groups in total. The van der Waals surface area contributed by atoms with Crippen molar-refractivity contribution in [2.45, 2.75) is 46.3 Å². The maximum Gasteiger partial charge on any atom is 0.254 e. The molecule has 2 unspecified atom stereocenters. The monoisotopic (exact) mass is 369 g/mol. The number of hydrogen-bond donors (Lipinski definition) is 0. The minimum absolute atomic E-state index is 0.0173. The van der Waals surface area contributed by atoms with Gasteiger partial charge in [-0.05, 0) is 38.3 Å². The number of carbonyl (C=O) groups excluding carboxylic acids is 1. The summed E-state index contributed by atoms with van der Waals surface area (Å²) >= 11 is 6.37. The van der Waals surface area contributed by atoms with E-state index in [0.29, 0.717) is 47.7 Å². The first kappa shape index (κ1) is 19.9. The fourth-order valence-corrected chi connectivity index (χ4v) is 3.17. The third-order valence-corrected chi connectivity index (χ3v) is 4.41. The molecule has 0 saturated carbocycles. The van der Waals surface area contributed by atoms with Crippen molar-refractivity contribution in [2.75, 3.05) is 26.8 Å². The van der Waals surface area contributed by atoms with Crippen LogP contribution in [0.15, 0.2) is 12.1 Å². The standard InChI is InChI=1S/C19H28ClNO4/c1-12(2)6-7-24-18-16(20)8-15(9-17(18)23-5)19(22)21-10-13(3)25-14(4)11-21/h8-9,12-14H,6-7,10-11H2,1-5H3. The van der Waals surface area contributed by atoms with Crippen LogP contribution < -0.4 is 9.47 Å². The van der Waals surface area contributed by atoms with E-state index in [1.165, 1.54) is 0 Å². The Kier molecular flexibility index (Phi) is 6.96. The van der Waals surface area contributed by atoms with E-state index < -0.39 is 0 Å². The van der Waals surface area contributed by atoms with Crippen LogP contribution in [0.3, 0.4) is 0 Å². The molecule has 1 saturated heterocycles. The Morgan fingerprint density at radius 1 is 1.32 bits per heavy atom. The summed E-state index contributed by atoms with van der Waals surface area (Å²) in [5, 5.41) is 0.390. The zero-order valence-corrected chi connectivity index (χ0v) is 16.4. The smallest absolute Gasteiger partial charge is 0.254 e. The van der Waals surface area contributed by atoms with Crippen LogP contribution in [0.2, 0.25) is 5.02 Å². The van der Waals surface area contributed by atoms with Gasteiger partial charge in [0.2, 0.25) is 0 Å². The molecule has 25 heavy (non-hydrogen) atoms. The highest BCUT2D eigenvalue weighted by atomic mass is 35.5. The molecule has 140 valence electrons. The number of nitrogens with zero attached hydrogens (tertiary/aromatic N) is 1. The quantitative estimate of drug-likeness (QED) is 0.759. The SMILES string of the molecule is COc1cc(C(=O)N2CC(C)OC(C)C2)cc(Cl)c1OCCC(C)C. The summed E-state index contributed by atoms with van der Waals surface area (Å²) in [6, 6.07) is 3.35. The molecular weight excluding hydrogens is 342 g/mol. The van der Waals surface area contributed by atoms with E-state index in [9.17, 15) is 4.79 Å². The maximum absolute atomic E-state index is 12.8. The Balaban J connectivity index is 2.18. The molecule has 1 aromatic rings. The second-order valence-corrected chi connectivity index (χ2v) is 7.40. The molecule has 0 radical (unpaired) electrons. The van der Waals surface area contributed by atoms with Crippen molar-refractivity contribution in [1.29, 1.82) is 0 Å². The van der Waals surface area contributed by atoms with Gasteiger partial charge in [-0.2, -0.15) is 0 Å². The van der Waals surface area contributed by atoms with Crippen molar-refractivity contribution in [1.82, 2.24) is 4.90 Å². The maximum atomic E-state index is 12.8. The topological polar surface area (TPSA) is 48.0 Å². The highest BCUT2D eigenvalue weighted by Crippen LogP contribution is 2.37. The number of amides is 1. The van der Waals surface area contributed by atoms with Gasteiger partial charge < -0.3 is 19.1 Å². The number of methoxy groups -OCH3 is 1. The van der Waals surface area contributed by atoms with Gasteiger partial charge in [0, 0.05) is 18.7 Å². The number of carbonyl (C=O) groups is 1. The molecule has 0 bridgehead atoms. The predicted octanol–water partition coefficient (Wildman–Crippen LogP) is 4.02. The normalized spacial score (nSPS) is 20.7. The number of rotatable bonds is 6. The average Bonchev–Trinajstić information content (AvgIpc) is 2.54. The molecule has 1 aliphatic rings. The van der Waals surface area contributed by atoms with E-state index in [1.807, 2.05) is 13.8 Å². The zero-order valence-electron chi connectivity index (χ0n) is 15.7. The number of hydrogen-bond acceptors (Lipinski definition) is 4. The molecule has 5 nitrogen and oxygen atoms in total. The number of halogens is 1. The Morgan fingerprint density at radius 3 is 2.52 bits per heavy atom. The first-order valence-electron chi connectivity index (χ1n) is 8.76. The average molecular weight is 370 g/mol. The Labute approximate surface area is 155 Å². The highest BCUT2D eigenvalue weighted by molar-refractivity contribution is 6.32. The molecule has 2 atom stereocenters. The molecule has 0 aromatic heterocycles. The summed E-state index contributed by atoms with van der Waals surface area (Å²) in [5.41, 5.74) is 0.499. The van der Waals surface area contributed by atoms with Crippen molar-refractivity contribution in [3.05, 3.63) is 22.7 Å². The van der Waals surface area contributed by atoms with Crippen LogP contribution in [-0.4, -0.2) is 49.8 Å². The molecule has 1 aliphatic heterocycles. The van der Waals surface area contributed by atoms with E-state index in [4.69, 9.17) is 25.8 Å². The predicted molar refractivity (Wildman–Crippen MR) is 98.9 cm³/mol. The Hall–Kier alpha value is -1.46. The van der Waals surface area contributed by atoms with E-state index >= 15 is 0 Å². The van der Waals surface area contributed by atoms with Gasteiger partial charge in [-0.15, -0.1) is 0 Å². The van der Waals surface area contributed by atoms with Gasteiger partial charge in [0.1, 0.15) is 0 Å². The highest BCUT2D eigenvalue weighted by Gasteiger charge is 2.27. The third kappa shape index (κ3) is 5.25. The minimum Gasteiger partial charge on any atom is -0.493 e. The number of benzene rings is 1. The van der Waals surface area contributed by atoms with Crippen molar-refractivity contribution < 1.29 is 19.0 Å². The van der Waals surface area contributed by atoms with Gasteiger partial charge in [0.15, 0.2) is 11.5 Å². The van der Waals surface area contributed by atoms with Crippen molar-refractivity contribution in [3.8, 4) is 11.5 Å². The molecule has 1 heterocycles. The lowest BCUT2D eigenvalue weighted by atomic mass is 10.1. The lowest BCUT2D eigenvalue weighted by Gasteiger charge is -2.35. The summed E-state index contributed by atoms with van der Waals surface area (Å²) in [4.78, 5) is 14.6. The van der Waals surface area contributed by atoms with E-state index in [1.54, 1.807) is 24.1 Å². The van der Waals surface area contributed by atoms with Gasteiger partial charge >= 0.3 is 0 Å². The second-order valence-electron chi connectivity index (χ2n) is 6.99. The van der Waals surface area contributed by atoms with Crippen molar-refractivity contribution in [3.63, 3.8) is 0 Å². The summed E-state index contributed by atoms with van der Waals surface area (Å²) < 4.78 is 16.9.